The Labute approximate surface area is 207 Å². The van der Waals surface area contributed by atoms with Crippen LogP contribution >= 0.6 is 0 Å². The lowest BCUT2D eigenvalue weighted by Gasteiger charge is -2.38. The number of esters is 1. The summed E-state index contributed by atoms with van der Waals surface area (Å²) in [7, 11) is 1.64. The summed E-state index contributed by atoms with van der Waals surface area (Å²) in [5.41, 5.74) is 3.91. The van der Waals surface area contributed by atoms with Crippen LogP contribution in [0.4, 0.5) is 0 Å². The topological polar surface area (TPSA) is 74.2 Å². The molecule has 184 valence electrons. The van der Waals surface area contributed by atoms with Gasteiger partial charge >= 0.3 is 5.97 Å². The van der Waals surface area contributed by atoms with Gasteiger partial charge in [-0.3, -0.25) is 9.79 Å². The van der Waals surface area contributed by atoms with Gasteiger partial charge in [0.25, 0.3) is 0 Å². The third kappa shape index (κ3) is 5.16. The molecule has 0 radical (unpaired) electrons. The molecule has 0 saturated heterocycles. The first kappa shape index (κ1) is 24.7. The molecule has 1 saturated carbocycles. The molecule has 1 fully saturated rings. The Morgan fingerprint density at radius 3 is 2.23 bits per heavy atom. The molecule has 0 bridgehead atoms. The number of methoxy groups -OCH3 is 1. The van der Waals surface area contributed by atoms with Crippen LogP contribution in [0.5, 0.6) is 11.5 Å². The quantitative estimate of drug-likeness (QED) is 0.463. The van der Waals surface area contributed by atoms with E-state index in [0.29, 0.717) is 30.7 Å². The minimum atomic E-state index is -0.477. The van der Waals surface area contributed by atoms with Crippen molar-refractivity contribution in [2.24, 2.45) is 10.9 Å². The maximum absolute atomic E-state index is 13.7. The average molecular weight is 476 g/mol. The number of nitrogens with zero attached hydrogens (tertiary/aromatic N) is 1. The van der Waals surface area contributed by atoms with Crippen molar-refractivity contribution < 1.29 is 23.8 Å². The second-order valence-corrected chi connectivity index (χ2v) is 9.04. The first-order chi connectivity index (χ1) is 17.0. The molecule has 1 aliphatic carbocycles. The fourth-order valence-corrected chi connectivity index (χ4v) is 5.11. The van der Waals surface area contributed by atoms with E-state index in [1.165, 1.54) is 0 Å². The van der Waals surface area contributed by atoms with E-state index in [2.05, 4.69) is 6.92 Å². The Morgan fingerprint density at radius 2 is 1.60 bits per heavy atom. The van der Waals surface area contributed by atoms with Crippen molar-refractivity contribution in [2.45, 2.75) is 51.9 Å². The molecule has 3 atom stereocenters. The van der Waals surface area contributed by atoms with E-state index in [0.717, 1.165) is 34.8 Å². The number of hydrogen-bond donors (Lipinski definition) is 0. The third-order valence-electron chi connectivity index (χ3n) is 6.75. The zero-order valence-electron chi connectivity index (χ0n) is 20.9. The standard InChI is InChI=1S/C29H33NO5/c1-5-15-35-23-13-9-20(10-14-23)27-26(29(32)34-6-2)18(3)30-24-16-21(17-25(31)28(24)27)19-7-11-22(33-4)12-8-19/h7-14,21,27-28H,5-6,15-17H2,1-4H3/t21-,27-,28?/m1/s1. The second-order valence-electron chi connectivity index (χ2n) is 9.04. The van der Waals surface area contributed by atoms with Crippen LogP contribution in [-0.4, -0.2) is 37.8 Å². The van der Waals surface area contributed by atoms with E-state index in [1.54, 1.807) is 14.0 Å². The van der Waals surface area contributed by atoms with E-state index in [1.807, 2.05) is 55.5 Å². The lowest BCUT2D eigenvalue weighted by Crippen LogP contribution is -2.41. The summed E-state index contributed by atoms with van der Waals surface area (Å²) < 4.78 is 16.4. The molecule has 2 aliphatic rings. The summed E-state index contributed by atoms with van der Waals surface area (Å²) in [5, 5.41) is 0. The number of ether oxygens (including phenoxy) is 3. The highest BCUT2D eigenvalue weighted by molar-refractivity contribution is 6.12. The molecule has 6 heteroatoms. The van der Waals surface area contributed by atoms with Gasteiger partial charge in [0.2, 0.25) is 0 Å². The summed E-state index contributed by atoms with van der Waals surface area (Å²) >= 11 is 0. The van der Waals surface area contributed by atoms with Crippen molar-refractivity contribution in [1.29, 1.82) is 0 Å². The highest BCUT2D eigenvalue weighted by atomic mass is 16.5. The van der Waals surface area contributed by atoms with E-state index in [-0.39, 0.29) is 18.3 Å². The van der Waals surface area contributed by atoms with E-state index < -0.39 is 17.8 Å². The molecule has 0 spiro atoms. The van der Waals surface area contributed by atoms with Crippen LogP contribution in [0.25, 0.3) is 0 Å². The molecule has 35 heavy (non-hydrogen) atoms. The van der Waals surface area contributed by atoms with Gasteiger partial charge < -0.3 is 14.2 Å². The molecular formula is C29H33NO5. The smallest absolute Gasteiger partial charge is 0.336 e. The molecule has 0 aromatic heterocycles. The second kappa shape index (κ2) is 10.9. The number of carbonyl (C=O) groups is 2. The largest absolute Gasteiger partial charge is 0.497 e. The third-order valence-corrected chi connectivity index (χ3v) is 6.75. The molecule has 1 heterocycles. The summed E-state index contributed by atoms with van der Waals surface area (Å²) in [6, 6.07) is 15.6. The Morgan fingerprint density at radius 1 is 0.943 bits per heavy atom. The first-order valence-electron chi connectivity index (χ1n) is 12.3. The van der Waals surface area contributed by atoms with Crippen molar-refractivity contribution in [3.05, 3.63) is 70.9 Å². The number of carbonyl (C=O) groups excluding carboxylic acids is 2. The summed E-state index contributed by atoms with van der Waals surface area (Å²) in [5.74, 6) is 0.392. The summed E-state index contributed by atoms with van der Waals surface area (Å²) in [6.45, 7) is 6.58. The molecule has 0 amide bonds. The molecule has 1 unspecified atom stereocenters. The fraction of sp³-hybridized carbons (Fsp3) is 0.414. The summed E-state index contributed by atoms with van der Waals surface area (Å²) in [4.78, 5) is 31.5. The number of ketones is 1. The predicted molar refractivity (Wildman–Crippen MR) is 135 cm³/mol. The monoisotopic (exact) mass is 475 g/mol. The van der Waals surface area contributed by atoms with Crippen LogP contribution in [0, 0.1) is 5.92 Å². The number of allylic oxidation sites excluding steroid dienone is 1. The van der Waals surface area contributed by atoms with Crippen molar-refractivity contribution in [3.63, 3.8) is 0 Å². The lowest BCUT2D eigenvalue weighted by atomic mass is 9.66. The van der Waals surface area contributed by atoms with Crippen molar-refractivity contribution in [1.82, 2.24) is 0 Å². The number of hydrogen-bond acceptors (Lipinski definition) is 6. The minimum Gasteiger partial charge on any atom is -0.497 e. The molecule has 0 N–H and O–H groups in total. The number of Topliss-reactive ketones (excluding diaryl/α,β-unsaturated/α-hetero) is 1. The van der Waals surface area contributed by atoms with Crippen LogP contribution in [0.3, 0.4) is 0 Å². The van der Waals surface area contributed by atoms with Crippen LogP contribution < -0.4 is 9.47 Å². The maximum atomic E-state index is 13.7. The van der Waals surface area contributed by atoms with Crippen LogP contribution in [-0.2, 0) is 14.3 Å². The van der Waals surface area contributed by atoms with Crippen LogP contribution in [0.2, 0.25) is 0 Å². The Hall–Kier alpha value is -3.41. The molecule has 6 nitrogen and oxygen atoms in total. The number of benzene rings is 2. The maximum Gasteiger partial charge on any atom is 0.336 e. The Kier molecular flexibility index (Phi) is 7.69. The zero-order chi connectivity index (χ0) is 24.9. The van der Waals surface area contributed by atoms with Gasteiger partial charge in [-0.05, 0) is 68.0 Å². The van der Waals surface area contributed by atoms with Gasteiger partial charge in [-0.15, -0.1) is 0 Å². The molecule has 2 aromatic carbocycles. The lowest BCUT2D eigenvalue weighted by molar-refractivity contribution is -0.139. The van der Waals surface area contributed by atoms with Crippen molar-refractivity contribution in [2.75, 3.05) is 20.3 Å². The first-order valence-corrected chi connectivity index (χ1v) is 12.3. The van der Waals surface area contributed by atoms with Gasteiger partial charge in [0.1, 0.15) is 17.3 Å². The number of aliphatic imine (C=N–C) groups is 1. The molecular weight excluding hydrogens is 442 g/mol. The Balaban J connectivity index is 1.71. The number of fused-ring (bicyclic) bond motifs is 1. The van der Waals surface area contributed by atoms with Gasteiger partial charge in [0, 0.05) is 23.7 Å². The van der Waals surface area contributed by atoms with Gasteiger partial charge in [-0.2, -0.15) is 0 Å². The van der Waals surface area contributed by atoms with E-state index in [9.17, 15) is 9.59 Å². The van der Waals surface area contributed by atoms with Gasteiger partial charge in [-0.1, -0.05) is 31.2 Å². The molecule has 2 aromatic rings. The van der Waals surface area contributed by atoms with Gasteiger partial charge in [0.15, 0.2) is 0 Å². The summed E-state index contributed by atoms with van der Waals surface area (Å²) in [6.07, 6.45) is 1.99. The van der Waals surface area contributed by atoms with Gasteiger partial charge in [-0.25, -0.2) is 4.79 Å². The molecule has 1 aliphatic heterocycles. The molecule has 4 rings (SSSR count). The zero-order valence-corrected chi connectivity index (χ0v) is 20.9. The van der Waals surface area contributed by atoms with Crippen LogP contribution in [0.1, 0.15) is 63.0 Å². The van der Waals surface area contributed by atoms with Crippen molar-refractivity contribution in [3.8, 4) is 11.5 Å². The highest BCUT2D eigenvalue weighted by Gasteiger charge is 2.46. The van der Waals surface area contributed by atoms with E-state index >= 15 is 0 Å². The SMILES string of the molecule is CCCOc1ccc([C@@H]2C(C(=O)OCC)=C(C)N=C3C[C@@H](c4ccc(OC)cc4)CC(=O)C32)cc1. The van der Waals surface area contributed by atoms with Crippen molar-refractivity contribution >= 4 is 17.5 Å². The van der Waals surface area contributed by atoms with Gasteiger partial charge in [0.05, 0.1) is 31.8 Å². The van der Waals surface area contributed by atoms with Crippen LogP contribution in [0.15, 0.2) is 64.8 Å². The highest BCUT2D eigenvalue weighted by Crippen LogP contribution is 2.46. The number of rotatable bonds is 8. The normalized spacial score (nSPS) is 21.8. The average Bonchev–Trinajstić information content (AvgIpc) is 2.87. The Bertz CT molecular complexity index is 1130. The van der Waals surface area contributed by atoms with E-state index in [4.69, 9.17) is 19.2 Å². The fourth-order valence-electron chi connectivity index (χ4n) is 5.11. The minimum absolute atomic E-state index is 0.0471. The predicted octanol–water partition coefficient (Wildman–Crippen LogP) is 5.62.